The van der Waals surface area contributed by atoms with Crippen molar-refractivity contribution in [3.8, 4) is 0 Å². The zero-order valence-corrected chi connectivity index (χ0v) is 7.42. The molecule has 0 spiro atoms. The van der Waals surface area contributed by atoms with E-state index < -0.39 is 6.03 Å². The van der Waals surface area contributed by atoms with Gasteiger partial charge >= 0.3 is 6.03 Å². The van der Waals surface area contributed by atoms with Crippen LogP contribution in [-0.2, 0) is 0 Å². The molecule has 0 fully saturated rings. The Balaban J connectivity index is 3.84. The molecule has 0 aliphatic rings. The number of carbonyl (C=O) groups excluding carboxylic acids is 1. The summed E-state index contributed by atoms with van der Waals surface area (Å²) in [4.78, 5) is 10.6. The van der Waals surface area contributed by atoms with Crippen LogP contribution in [0.5, 0.6) is 0 Å². The molecule has 0 rings (SSSR count). The second-order valence-electron chi connectivity index (χ2n) is 2.32. The van der Waals surface area contributed by atoms with Crippen molar-refractivity contribution in [2.75, 3.05) is 0 Å². The minimum Gasteiger partial charge on any atom is -0.313 e. The second-order valence-corrected chi connectivity index (χ2v) is 2.32. The minimum absolute atomic E-state index is 0.417. The molecule has 0 saturated carbocycles. The van der Waals surface area contributed by atoms with Crippen LogP contribution in [0, 0.1) is 0 Å². The first-order valence-electron chi connectivity index (χ1n) is 3.81. The highest BCUT2D eigenvalue weighted by Gasteiger charge is 1.89. The Labute approximate surface area is 72.5 Å². The number of carbonyl (C=O) groups is 1. The number of hydrogen-bond donors (Lipinski definition) is 3. The average molecular weight is 169 g/mol. The SMILES string of the molecule is CC/C=C\C(C)=C/NC(=O)NN. The van der Waals surface area contributed by atoms with Crippen molar-refractivity contribution in [2.45, 2.75) is 20.3 Å². The highest BCUT2D eigenvalue weighted by atomic mass is 16.2. The van der Waals surface area contributed by atoms with Crippen LogP contribution in [0.25, 0.3) is 0 Å². The third kappa shape index (κ3) is 5.49. The normalized spacial score (nSPS) is 11.8. The van der Waals surface area contributed by atoms with E-state index in [1.165, 1.54) is 0 Å². The van der Waals surface area contributed by atoms with Gasteiger partial charge in [0.05, 0.1) is 0 Å². The van der Waals surface area contributed by atoms with Crippen molar-refractivity contribution in [1.82, 2.24) is 10.7 Å². The standard InChI is InChI=1S/C8H15N3O/c1-3-4-5-7(2)6-10-8(12)11-9/h4-6H,3,9H2,1-2H3,(H2,10,11,12)/b5-4-,7-6-. The lowest BCUT2D eigenvalue weighted by Gasteiger charge is -1.97. The van der Waals surface area contributed by atoms with Crippen LogP contribution in [0.15, 0.2) is 23.9 Å². The molecule has 0 bridgehead atoms. The molecule has 0 saturated heterocycles. The Morgan fingerprint density at radius 1 is 1.58 bits per heavy atom. The fraction of sp³-hybridized carbons (Fsp3) is 0.375. The smallest absolute Gasteiger partial charge is 0.313 e. The molecule has 0 aliphatic carbocycles. The molecule has 0 aliphatic heterocycles. The predicted molar refractivity (Wildman–Crippen MR) is 49.0 cm³/mol. The summed E-state index contributed by atoms with van der Waals surface area (Å²) >= 11 is 0. The van der Waals surface area contributed by atoms with E-state index in [9.17, 15) is 4.79 Å². The molecule has 0 aromatic heterocycles. The zero-order valence-electron chi connectivity index (χ0n) is 7.42. The number of hydrazine groups is 1. The van der Waals surface area contributed by atoms with E-state index in [2.05, 4.69) is 5.32 Å². The highest BCUT2D eigenvalue weighted by molar-refractivity contribution is 5.74. The van der Waals surface area contributed by atoms with Crippen LogP contribution in [0.1, 0.15) is 20.3 Å². The third-order valence-electron chi connectivity index (χ3n) is 1.18. The molecule has 0 unspecified atom stereocenters. The van der Waals surface area contributed by atoms with E-state index in [1.807, 2.05) is 31.4 Å². The summed E-state index contributed by atoms with van der Waals surface area (Å²) in [6.45, 7) is 3.94. The third-order valence-corrected chi connectivity index (χ3v) is 1.18. The van der Waals surface area contributed by atoms with Crippen molar-refractivity contribution in [3.05, 3.63) is 23.9 Å². The molecule has 0 radical (unpaired) electrons. The number of rotatable bonds is 3. The molecule has 4 heteroatoms. The molecule has 2 amide bonds. The van der Waals surface area contributed by atoms with E-state index in [0.29, 0.717) is 0 Å². The van der Waals surface area contributed by atoms with Gasteiger partial charge in [0.2, 0.25) is 0 Å². The lowest BCUT2D eigenvalue weighted by molar-refractivity contribution is 0.244. The summed E-state index contributed by atoms with van der Waals surface area (Å²) in [5, 5.41) is 2.45. The number of urea groups is 1. The van der Waals surface area contributed by atoms with Crippen molar-refractivity contribution < 1.29 is 4.79 Å². The number of nitrogens with two attached hydrogens (primary N) is 1. The van der Waals surface area contributed by atoms with Crippen LogP contribution in [-0.4, -0.2) is 6.03 Å². The fourth-order valence-corrected chi connectivity index (χ4v) is 0.573. The van der Waals surface area contributed by atoms with Gasteiger partial charge in [-0.05, 0) is 18.9 Å². The Morgan fingerprint density at radius 3 is 2.75 bits per heavy atom. The molecule has 4 nitrogen and oxygen atoms in total. The van der Waals surface area contributed by atoms with Gasteiger partial charge in [0, 0.05) is 6.20 Å². The van der Waals surface area contributed by atoms with Gasteiger partial charge in [-0.25, -0.2) is 10.6 Å². The summed E-state index contributed by atoms with van der Waals surface area (Å²) in [5.74, 6) is 4.85. The van der Waals surface area contributed by atoms with E-state index in [1.54, 1.807) is 6.20 Å². The monoisotopic (exact) mass is 169 g/mol. The maximum Gasteiger partial charge on any atom is 0.332 e. The number of allylic oxidation sites excluding steroid dienone is 3. The molecule has 0 atom stereocenters. The van der Waals surface area contributed by atoms with Gasteiger partial charge in [-0.1, -0.05) is 19.1 Å². The van der Waals surface area contributed by atoms with Crippen molar-refractivity contribution >= 4 is 6.03 Å². The summed E-state index contributed by atoms with van der Waals surface area (Å²) in [6, 6.07) is -0.417. The van der Waals surface area contributed by atoms with E-state index in [-0.39, 0.29) is 0 Å². The van der Waals surface area contributed by atoms with Crippen molar-refractivity contribution in [1.29, 1.82) is 0 Å². The first kappa shape index (κ1) is 10.7. The maximum absolute atomic E-state index is 10.6. The van der Waals surface area contributed by atoms with Crippen molar-refractivity contribution in [3.63, 3.8) is 0 Å². The van der Waals surface area contributed by atoms with E-state index >= 15 is 0 Å². The predicted octanol–water partition coefficient (Wildman–Crippen LogP) is 1.03. The lowest BCUT2D eigenvalue weighted by Crippen LogP contribution is -2.37. The molecule has 0 aromatic rings. The summed E-state index contributed by atoms with van der Waals surface area (Å²) < 4.78 is 0. The Bertz CT molecular complexity index is 196. The Kier molecular flexibility index (Phi) is 5.73. The maximum atomic E-state index is 10.6. The van der Waals surface area contributed by atoms with Crippen molar-refractivity contribution in [2.24, 2.45) is 5.84 Å². The summed E-state index contributed by atoms with van der Waals surface area (Å²) in [5.41, 5.74) is 2.93. The van der Waals surface area contributed by atoms with Gasteiger partial charge in [0.15, 0.2) is 0 Å². The van der Waals surface area contributed by atoms with Crippen LogP contribution >= 0.6 is 0 Å². The number of amides is 2. The first-order valence-corrected chi connectivity index (χ1v) is 3.81. The van der Waals surface area contributed by atoms with Gasteiger partial charge < -0.3 is 5.32 Å². The highest BCUT2D eigenvalue weighted by Crippen LogP contribution is 1.93. The molecule has 12 heavy (non-hydrogen) atoms. The van der Waals surface area contributed by atoms with Gasteiger partial charge in [-0.2, -0.15) is 0 Å². The lowest BCUT2D eigenvalue weighted by atomic mass is 10.3. The van der Waals surface area contributed by atoms with Gasteiger partial charge in [0.25, 0.3) is 0 Å². The summed E-state index contributed by atoms with van der Waals surface area (Å²) in [7, 11) is 0. The van der Waals surface area contributed by atoms with Gasteiger partial charge in [0.1, 0.15) is 0 Å². The molecule has 4 N–H and O–H groups in total. The van der Waals surface area contributed by atoms with E-state index in [0.717, 1.165) is 12.0 Å². The minimum atomic E-state index is -0.417. The van der Waals surface area contributed by atoms with Crippen LogP contribution in [0.4, 0.5) is 4.79 Å². The molecular weight excluding hydrogens is 154 g/mol. The quantitative estimate of drug-likeness (QED) is 0.255. The second kappa shape index (κ2) is 6.42. The largest absolute Gasteiger partial charge is 0.332 e. The zero-order chi connectivity index (χ0) is 9.40. The first-order chi connectivity index (χ1) is 5.70. The molecule has 0 heterocycles. The van der Waals surface area contributed by atoms with Gasteiger partial charge in [-0.15, -0.1) is 0 Å². The molecule has 68 valence electrons. The van der Waals surface area contributed by atoms with Crippen LogP contribution in [0.2, 0.25) is 0 Å². The fourth-order valence-electron chi connectivity index (χ4n) is 0.573. The number of nitrogens with one attached hydrogen (secondary N) is 2. The Hall–Kier alpha value is -1.29. The summed E-state index contributed by atoms with van der Waals surface area (Å²) in [6.07, 6.45) is 6.51. The van der Waals surface area contributed by atoms with E-state index in [4.69, 9.17) is 5.84 Å². The topological polar surface area (TPSA) is 67.2 Å². The van der Waals surface area contributed by atoms with Crippen LogP contribution < -0.4 is 16.6 Å². The Morgan fingerprint density at radius 2 is 2.25 bits per heavy atom. The van der Waals surface area contributed by atoms with Crippen LogP contribution in [0.3, 0.4) is 0 Å². The average Bonchev–Trinajstić information content (AvgIpc) is 2.10. The van der Waals surface area contributed by atoms with Gasteiger partial charge in [-0.3, -0.25) is 5.43 Å². The number of hydrogen-bond acceptors (Lipinski definition) is 2. The molecule has 0 aromatic carbocycles. The molecular formula is C8H15N3O.